The fourth-order valence-corrected chi connectivity index (χ4v) is 1.51. The Morgan fingerprint density at radius 1 is 1.45 bits per heavy atom. The van der Waals surface area contributed by atoms with Gasteiger partial charge in [0.25, 0.3) is 0 Å². The van der Waals surface area contributed by atoms with Crippen LogP contribution in [0.5, 0.6) is 0 Å². The minimum Gasteiger partial charge on any atom is -0.257 e. The Hall–Kier alpha value is -0.150. The summed E-state index contributed by atoms with van der Waals surface area (Å²) in [6.07, 6.45) is 5.52. The fraction of sp³-hybridized carbons (Fsp3) is 0.375. The van der Waals surface area contributed by atoms with E-state index < -0.39 is 0 Å². The van der Waals surface area contributed by atoms with Crippen LogP contribution in [0.15, 0.2) is 28.8 Å². The number of nitrogens with zero attached hydrogens (tertiary/aromatic N) is 1. The molecule has 0 aromatic heterocycles. The van der Waals surface area contributed by atoms with Crippen molar-refractivity contribution in [3.8, 4) is 0 Å². The Bertz CT molecular complexity index is 130. The van der Waals surface area contributed by atoms with Gasteiger partial charge in [0.05, 0.1) is 0 Å². The molecule has 0 radical (unpaired) electrons. The Kier molecular flexibility index (Phi) is 15.3. The average Bonchev–Trinajstić information content (AvgIpc) is 2.08. The SMILES string of the molecule is C=C/C=C(\N=C)SSC.CC. The van der Waals surface area contributed by atoms with Gasteiger partial charge in [-0.3, -0.25) is 4.99 Å². The first kappa shape index (κ1) is 13.4. The Balaban J connectivity index is 0. The second-order valence-electron chi connectivity index (χ2n) is 1.15. The average molecular weight is 189 g/mol. The summed E-state index contributed by atoms with van der Waals surface area (Å²) in [4.78, 5) is 3.75. The van der Waals surface area contributed by atoms with Crippen molar-refractivity contribution < 1.29 is 0 Å². The largest absolute Gasteiger partial charge is 0.257 e. The third-order valence-corrected chi connectivity index (χ3v) is 2.20. The molecule has 0 aliphatic rings. The topological polar surface area (TPSA) is 12.4 Å². The molecule has 0 aliphatic heterocycles. The lowest BCUT2D eigenvalue weighted by Gasteiger charge is -1.91. The summed E-state index contributed by atoms with van der Waals surface area (Å²) in [5, 5.41) is 0.900. The van der Waals surface area contributed by atoms with Gasteiger partial charge in [0.15, 0.2) is 0 Å². The van der Waals surface area contributed by atoms with E-state index in [1.165, 1.54) is 0 Å². The van der Waals surface area contributed by atoms with E-state index in [9.17, 15) is 0 Å². The van der Waals surface area contributed by atoms with Gasteiger partial charge in [-0.2, -0.15) is 0 Å². The second-order valence-corrected chi connectivity index (χ2v) is 3.57. The molecule has 64 valence electrons. The smallest absolute Gasteiger partial charge is 0.106 e. The van der Waals surface area contributed by atoms with Crippen LogP contribution in [0.4, 0.5) is 0 Å². The van der Waals surface area contributed by atoms with Gasteiger partial charge < -0.3 is 0 Å². The van der Waals surface area contributed by atoms with E-state index in [0.717, 1.165) is 5.03 Å². The minimum atomic E-state index is 0.900. The van der Waals surface area contributed by atoms with Crippen LogP contribution in [0.3, 0.4) is 0 Å². The van der Waals surface area contributed by atoms with Crippen LogP contribution in [-0.2, 0) is 0 Å². The van der Waals surface area contributed by atoms with Crippen LogP contribution in [0.1, 0.15) is 13.8 Å². The van der Waals surface area contributed by atoms with Crippen LogP contribution in [0.25, 0.3) is 0 Å². The van der Waals surface area contributed by atoms with Gasteiger partial charge in [-0.05, 0) is 29.8 Å². The summed E-state index contributed by atoms with van der Waals surface area (Å²) in [5.74, 6) is 0. The van der Waals surface area contributed by atoms with Crippen LogP contribution in [-0.4, -0.2) is 13.0 Å². The highest BCUT2D eigenvalue weighted by molar-refractivity contribution is 8.77. The number of hydrogen-bond acceptors (Lipinski definition) is 3. The van der Waals surface area contributed by atoms with Crippen molar-refractivity contribution >= 4 is 28.3 Å². The maximum atomic E-state index is 3.75. The van der Waals surface area contributed by atoms with E-state index in [-0.39, 0.29) is 0 Å². The summed E-state index contributed by atoms with van der Waals surface area (Å²) >= 11 is 0. The molecule has 0 rings (SSSR count). The van der Waals surface area contributed by atoms with Gasteiger partial charge >= 0.3 is 0 Å². The summed E-state index contributed by atoms with van der Waals surface area (Å²) in [6.45, 7) is 10.9. The minimum absolute atomic E-state index is 0.900. The molecular weight excluding hydrogens is 174 g/mol. The maximum Gasteiger partial charge on any atom is 0.106 e. The van der Waals surface area contributed by atoms with Crippen LogP contribution >= 0.6 is 21.6 Å². The zero-order valence-corrected chi connectivity index (χ0v) is 8.97. The van der Waals surface area contributed by atoms with Crippen molar-refractivity contribution in [3.05, 3.63) is 23.8 Å². The van der Waals surface area contributed by atoms with E-state index in [1.807, 2.05) is 26.2 Å². The third-order valence-electron chi connectivity index (χ3n) is 0.585. The molecule has 0 bridgehead atoms. The van der Waals surface area contributed by atoms with Gasteiger partial charge in [0.1, 0.15) is 5.03 Å². The van der Waals surface area contributed by atoms with Crippen LogP contribution < -0.4 is 0 Å². The molecule has 0 amide bonds. The highest BCUT2D eigenvalue weighted by Gasteiger charge is 1.87. The quantitative estimate of drug-likeness (QED) is 0.379. The lowest BCUT2D eigenvalue weighted by atomic mass is 10.6. The fourth-order valence-electron chi connectivity index (χ4n) is 0.293. The highest BCUT2D eigenvalue weighted by atomic mass is 33.1. The van der Waals surface area contributed by atoms with Gasteiger partial charge in [0.2, 0.25) is 0 Å². The molecule has 0 aromatic rings. The molecule has 0 heterocycles. The van der Waals surface area contributed by atoms with Crippen LogP contribution in [0, 0.1) is 0 Å². The number of hydrogen-bond donors (Lipinski definition) is 0. The van der Waals surface area contributed by atoms with Crippen LogP contribution in [0.2, 0.25) is 0 Å². The van der Waals surface area contributed by atoms with E-state index in [2.05, 4.69) is 18.3 Å². The normalized spacial score (nSPS) is 9.55. The number of rotatable bonds is 4. The maximum absolute atomic E-state index is 3.75. The van der Waals surface area contributed by atoms with Gasteiger partial charge in [-0.1, -0.05) is 37.3 Å². The summed E-state index contributed by atoms with van der Waals surface area (Å²) in [6, 6.07) is 0. The molecule has 0 fully saturated rings. The first-order chi connectivity index (χ1) is 5.35. The predicted octanol–water partition coefficient (Wildman–Crippen LogP) is 3.75. The monoisotopic (exact) mass is 189 g/mol. The zero-order chi connectivity index (χ0) is 9.11. The van der Waals surface area contributed by atoms with Crippen molar-refractivity contribution in [2.24, 2.45) is 4.99 Å². The van der Waals surface area contributed by atoms with E-state index in [0.29, 0.717) is 0 Å². The predicted molar refractivity (Wildman–Crippen MR) is 60.3 cm³/mol. The zero-order valence-electron chi connectivity index (χ0n) is 7.33. The molecule has 0 spiro atoms. The van der Waals surface area contributed by atoms with Crippen molar-refractivity contribution in [1.29, 1.82) is 0 Å². The molecule has 0 N–H and O–H groups in total. The first-order valence-corrected chi connectivity index (χ1v) is 5.91. The Morgan fingerprint density at radius 3 is 2.27 bits per heavy atom. The van der Waals surface area contributed by atoms with Crippen molar-refractivity contribution in [2.75, 3.05) is 6.26 Å². The molecule has 0 aliphatic carbocycles. The second kappa shape index (κ2) is 12.5. The Morgan fingerprint density at radius 2 is 2.00 bits per heavy atom. The van der Waals surface area contributed by atoms with Crippen molar-refractivity contribution in [2.45, 2.75) is 13.8 Å². The molecular formula is C8H15NS2. The molecule has 0 saturated carbocycles. The van der Waals surface area contributed by atoms with Crippen molar-refractivity contribution in [1.82, 2.24) is 0 Å². The number of aliphatic imine (C=N–C) groups is 1. The standard InChI is InChI=1S/C6H9NS2.C2H6/c1-4-5-6(7-2)9-8-3;1-2/h4-5H,1-2H2,3H3;1-2H3/b6-5+;. The molecule has 0 aromatic carbocycles. The highest BCUT2D eigenvalue weighted by Crippen LogP contribution is 2.27. The van der Waals surface area contributed by atoms with Gasteiger partial charge in [0, 0.05) is 0 Å². The Labute approximate surface area is 77.5 Å². The molecule has 11 heavy (non-hydrogen) atoms. The lowest BCUT2D eigenvalue weighted by molar-refractivity contribution is 1.50. The lowest BCUT2D eigenvalue weighted by Crippen LogP contribution is -1.62. The summed E-state index contributed by atoms with van der Waals surface area (Å²) < 4.78 is 0. The third kappa shape index (κ3) is 9.85. The van der Waals surface area contributed by atoms with E-state index >= 15 is 0 Å². The molecule has 0 atom stereocenters. The number of allylic oxidation sites excluding steroid dienone is 2. The summed E-state index contributed by atoms with van der Waals surface area (Å²) in [7, 11) is 3.22. The van der Waals surface area contributed by atoms with E-state index in [4.69, 9.17) is 0 Å². The first-order valence-electron chi connectivity index (χ1n) is 3.35. The van der Waals surface area contributed by atoms with E-state index in [1.54, 1.807) is 27.7 Å². The molecule has 0 saturated heterocycles. The molecule has 3 heteroatoms. The van der Waals surface area contributed by atoms with Crippen molar-refractivity contribution in [3.63, 3.8) is 0 Å². The summed E-state index contributed by atoms with van der Waals surface area (Å²) in [5.41, 5.74) is 0. The molecule has 1 nitrogen and oxygen atoms in total. The van der Waals surface area contributed by atoms with Gasteiger partial charge in [-0.15, -0.1) is 0 Å². The van der Waals surface area contributed by atoms with Gasteiger partial charge in [-0.25, -0.2) is 0 Å². The molecule has 0 unspecified atom stereocenters.